The van der Waals surface area contributed by atoms with Gasteiger partial charge >= 0.3 is 0 Å². The molecule has 0 aliphatic heterocycles. The topological polar surface area (TPSA) is 51.8 Å². The summed E-state index contributed by atoms with van der Waals surface area (Å²) in [5, 5.41) is 0. The summed E-state index contributed by atoms with van der Waals surface area (Å²) in [4.78, 5) is 10.6. The minimum absolute atomic E-state index is 0.468. The van der Waals surface area contributed by atoms with Crippen molar-refractivity contribution >= 4 is 11.8 Å². The number of hydrogen-bond acceptors (Lipinski definition) is 4. The zero-order valence-electron chi connectivity index (χ0n) is 13.0. The standard InChI is InChI=1S/C17H23N3S/c1-12(10-18)9-16-13(2)19-17(20-14(16)3)11-21-15-7-5-4-6-8-15/h4-8,12H,9-11,18H2,1-3H3. The summed E-state index contributed by atoms with van der Waals surface area (Å²) in [5.41, 5.74) is 9.15. The predicted molar refractivity (Wildman–Crippen MR) is 89.4 cm³/mol. The molecule has 21 heavy (non-hydrogen) atoms. The van der Waals surface area contributed by atoms with Crippen molar-refractivity contribution < 1.29 is 0 Å². The Labute approximate surface area is 131 Å². The molecular weight excluding hydrogens is 278 g/mol. The van der Waals surface area contributed by atoms with E-state index < -0.39 is 0 Å². The van der Waals surface area contributed by atoms with E-state index in [-0.39, 0.29) is 0 Å². The highest BCUT2D eigenvalue weighted by atomic mass is 32.2. The van der Waals surface area contributed by atoms with E-state index in [0.29, 0.717) is 12.5 Å². The molecule has 1 aromatic carbocycles. The van der Waals surface area contributed by atoms with Crippen LogP contribution in [0.4, 0.5) is 0 Å². The lowest BCUT2D eigenvalue weighted by atomic mass is 9.99. The van der Waals surface area contributed by atoms with Gasteiger partial charge in [0, 0.05) is 16.3 Å². The first-order valence-corrected chi connectivity index (χ1v) is 8.29. The molecule has 0 radical (unpaired) electrons. The van der Waals surface area contributed by atoms with Crippen molar-refractivity contribution in [1.82, 2.24) is 9.97 Å². The van der Waals surface area contributed by atoms with Gasteiger partial charge in [0.15, 0.2) is 0 Å². The Kier molecular flexibility index (Phi) is 5.76. The van der Waals surface area contributed by atoms with Crippen molar-refractivity contribution in [2.45, 2.75) is 37.8 Å². The molecule has 1 heterocycles. The maximum Gasteiger partial charge on any atom is 0.139 e. The van der Waals surface area contributed by atoms with Crippen LogP contribution in [-0.2, 0) is 12.2 Å². The molecule has 0 amide bonds. The first-order valence-electron chi connectivity index (χ1n) is 7.31. The summed E-state index contributed by atoms with van der Waals surface area (Å²) in [5.74, 6) is 2.18. The minimum atomic E-state index is 0.468. The number of hydrogen-bond donors (Lipinski definition) is 1. The number of benzene rings is 1. The lowest BCUT2D eigenvalue weighted by Gasteiger charge is -2.14. The van der Waals surface area contributed by atoms with Crippen LogP contribution < -0.4 is 5.73 Å². The highest BCUT2D eigenvalue weighted by Crippen LogP contribution is 2.22. The molecule has 1 atom stereocenters. The predicted octanol–water partition coefficient (Wildman–Crippen LogP) is 3.52. The van der Waals surface area contributed by atoms with Gasteiger partial charge in [-0.2, -0.15) is 0 Å². The number of aromatic nitrogens is 2. The van der Waals surface area contributed by atoms with Gasteiger partial charge in [0.1, 0.15) is 5.82 Å². The molecule has 2 N–H and O–H groups in total. The van der Waals surface area contributed by atoms with Gasteiger partial charge in [-0.1, -0.05) is 25.1 Å². The number of rotatable bonds is 6. The van der Waals surface area contributed by atoms with E-state index >= 15 is 0 Å². The molecule has 112 valence electrons. The third kappa shape index (κ3) is 4.55. The number of thioether (sulfide) groups is 1. The van der Waals surface area contributed by atoms with Gasteiger partial charge in [0.05, 0.1) is 5.75 Å². The molecule has 2 aromatic rings. The zero-order valence-corrected chi connectivity index (χ0v) is 13.8. The second kappa shape index (κ2) is 7.57. The maximum absolute atomic E-state index is 5.72. The van der Waals surface area contributed by atoms with E-state index in [1.807, 2.05) is 6.07 Å². The smallest absolute Gasteiger partial charge is 0.139 e. The molecule has 0 bridgehead atoms. The van der Waals surface area contributed by atoms with E-state index in [4.69, 9.17) is 5.73 Å². The summed E-state index contributed by atoms with van der Waals surface area (Å²) in [6.45, 7) is 7.01. The van der Waals surface area contributed by atoms with Crippen molar-refractivity contribution in [3.63, 3.8) is 0 Å². The van der Waals surface area contributed by atoms with E-state index in [2.05, 4.69) is 55.0 Å². The Bertz CT molecular complexity index is 561. The summed E-state index contributed by atoms with van der Waals surface area (Å²) in [6, 6.07) is 10.4. The van der Waals surface area contributed by atoms with Gasteiger partial charge < -0.3 is 5.73 Å². The minimum Gasteiger partial charge on any atom is -0.330 e. The SMILES string of the molecule is Cc1nc(CSc2ccccc2)nc(C)c1CC(C)CN. The van der Waals surface area contributed by atoms with E-state index in [1.54, 1.807) is 11.8 Å². The average molecular weight is 301 g/mol. The molecule has 2 rings (SSSR count). The molecular formula is C17H23N3S. The van der Waals surface area contributed by atoms with Crippen LogP contribution in [0.25, 0.3) is 0 Å². The van der Waals surface area contributed by atoms with Gasteiger partial charge in [-0.3, -0.25) is 0 Å². The highest BCUT2D eigenvalue weighted by Gasteiger charge is 2.11. The first-order chi connectivity index (χ1) is 10.1. The van der Waals surface area contributed by atoms with E-state index in [1.165, 1.54) is 10.5 Å². The Morgan fingerprint density at radius 1 is 1.10 bits per heavy atom. The third-order valence-electron chi connectivity index (χ3n) is 3.53. The van der Waals surface area contributed by atoms with Crippen molar-refractivity contribution in [3.05, 3.63) is 53.1 Å². The zero-order chi connectivity index (χ0) is 15.2. The molecule has 0 aliphatic rings. The third-order valence-corrected chi connectivity index (χ3v) is 4.54. The van der Waals surface area contributed by atoms with Crippen molar-refractivity contribution in [1.29, 1.82) is 0 Å². The van der Waals surface area contributed by atoms with Gasteiger partial charge in [0.25, 0.3) is 0 Å². The van der Waals surface area contributed by atoms with Gasteiger partial charge in [-0.25, -0.2) is 9.97 Å². The van der Waals surface area contributed by atoms with Crippen LogP contribution in [0.3, 0.4) is 0 Å². The average Bonchev–Trinajstić information content (AvgIpc) is 2.49. The molecule has 0 aliphatic carbocycles. The Balaban J connectivity index is 2.08. The molecule has 4 heteroatoms. The van der Waals surface area contributed by atoms with Crippen LogP contribution >= 0.6 is 11.8 Å². The summed E-state index contributed by atoms with van der Waals surface area (Å²) in [7, 11) is 0. The molecule has 3 nitrogen and oxygen atoms in total. The molecule has 0 saturated carbocycles. The number of nitrogens with two attached hydrogens (primary N) is 1. The van der Waals surface area contributed by atoms with Crippen LogP contribution in [0.2, 0.25) is 0 Å². The van der Waals surface area contributed by atoms with Crippen molar-refractivity contribution in [3.8, 4) is 0 Å². The van der Waals surface area contributed by atoms with Crippen LogP contribution in [0.5, 0.6) is 0 Å². The number of nitrogens with zero attached hydrogens (tertiary/aromatic N) is 2. The maximum atomic E-state index is 5.72. The summed E-state index contributed by atoms with van der Waals surface area (Å²) in [6.07, 6.45) is 0.959. The van der Waals surface area contributed by atoms with Gasteiger partial charge in [0.2, 0.25) is 0 Å². The van der Waals surface area contributed by atoms with E-state index in [9.17, 15) is 0 Å². The molecule has 1 aromatic heterocycles. The van der Waals surface area contributed by atoms with E-state index in [0.717, 1.165) is 29.4 Å². The molecule has 1 unspecified atom stereocenters. The van der Waals surface area contributed by atoms with Gasteiger partial charge in [-0.05, 0) is 50.4 Å². The fraction of sp³-hybridized carbons (Fsp3) is 0.412. The molecule has 0 spiro atoms. The van der Waals surface area contributed by atoms with Crippen LogP contribution in [0, 0.1) is 19.8 Å². The Hall–Kier alpha value is -1.39. The van der Waals surface area contributed by atoms with Crippen LogP contribution in [0.1, 0.15) is 29.7 Å². The monoisotopic (exact) mass is 301 g/mol. The van der Waals surface area contributed by atoms with Gasteiger partial charge in [-0.15, -0.1) is 11.8 Å². The van der Waals surface area contributed by atoms with Crippen molar-refractivity contribution in [2.24, 2.45) is 11.7 Å². The fourth-order valence-corrected chi connectivity index (χ4v) is 3.04. The lowest BCUT2D eigenvalue weighted by molar-refractivity contribution is 0.585. The fourth-order valence-electron chi connectivity index (χ4n) is 2.27. The second-order valence-corrected chi connectivity index (χ2v) is 6.48. The van der Waals surface area contributed by atoms with Crippen LogP contribution in [0.15, 0.2) is 35.2 Å². The Morgan fingerprint density at radius 2 is 1.71 bits per heavy atom. The van der Waals surface area contributed by atoms with Crippen molar-refractivity contribution in [2.75, 3.05) is 6.54 Å². The summed E-state index contributed by atoms with van der Waals surface area (Å²) < 4.78 is 0. The summed E-state index contributed by atoms with van der Waals surface area (Å²) >= 11 is 1.77. The Morgan fingerprint density at radius 3 is 2.29 bits per heavy atom. The molecule has 0 fully saturated rings. The number of aryl methyl sites for hydroxylation is 2. The largest absolute Gasteiger partial charge is 0.330 e. The first kappa shape index (κ1) is 16.0. The highest BCUT2D eigenvalue weighted by molar-refractivity contribution is 7.98. The normalized spacial score (nSPS) is 12.4. The quantitative estimate of drug-likeness (QED) is 0.829. The second-order valence-electron chi connectivity index (χ2n) is 5.44. The molecule has 0 saturated heterocycles. The lowest BCUT2D eigenvalue weighted by Crippen LogP contribution is -2.16. The van der Waals surface area contributed by atoms with Crippen LogP contribution in [-0.4, -0.2) is 16.5 Å².